The average molecular weight is 292 g/mol. The Morgan fingerprint density at radius 2 is 2.10 bits per heavy atom. The predicted octanol–water partition coefficient (Wildman–Crippen LogP) is 2.36. The van der Waals surface area contributed by atoms with E-state index in [9.17, 15) is 0 Å². The number of rotatable bonds is 7. The molecule has 0 saturated carbocycles. The lowest BCUT2D eigenvalue weighted by Gasteiger charge is -2.08. The maximum atomic E-state index is 5.60. The van der Waals surface area contributed by atoms with Gasteiger partial charge in [0.05, 0.1) is 35.9 Å². The minimum Gasteiger partial charge on any atom is -0.476 e. The number of ether oxygens (including phenoxy) is 1. The van der Waals surface area contributed by atoms with Crippen molar-refractivity contribution in [2.24, 2.45) is 0 Å². The molecule has 0 aromatic carbocycles. The Kier molecular flexibility index (Phi) is 5.43. The highest BCUT2D eigenvalue weighted by molar-refractivity contribution is 7.09. The van der Waals surface area contributed by atoms with Crippen molar-refractivity contribution in [3.05, 3.63) is 34.2 Å². The summed E-state index contributed by atoms with van der Waals surface area (Å²) in [5.41, 5.74) is 3.87. The third-order valence-electron chi connectivity index (χ3n) is 2.80. The molecule has 0 spiro atoms. The topological polar surface area (TPSA) is 59.9 Å². The van der Waals surface area contributed by atoms with Crippen molar-refractivity contribution in [2.45, 2.75) is 39.8 Å². The van der Waals surface area contributed by atoms with E-state index in [4.69, 9.17) is 4.74 Å². The minimum atomic E-state index is 0.440. The average Bonchev–Trinajstić information content (AvgIpc) is 2.83. The molecule has 6 heteroatoms. The van der Waals surface area contributed by atoms with E-state index in [1.165, 1.54) is 4.88 Å². The van der Waals surface area contributed by atoms with Gasteiger partial charge in [0.25, 0.3) is 0 Å². The van der Waals surface area contributed by atoms with Crippen molar-refractivity contribution in [1.82, 2.24) is 20.3 Å². The van der Waals surface area contributed by atoms with Gasteiger partial charge in [-0.3, -0.25) is 4.98 Å². The summed E-state index contributed by atoms with van der Waals surface area (Å²) in [6.45, 7) is 7.55. The van der Waals surface area contributed by atoms with Crippen molar-refractivity contribution in [3.63, 3.8) is 0 Å². The van der Waals surface area contributed by atoms with E-state index in [-0.39, 0.29) is 0 Å². The molecule has 0 unspecified atom stereocenters. The molecule has 2 rings (SSSR count). The van der Waals surface area contributed by atoms with Crippen LogP contribution >= 0.6 is 11.3 Å². The van der Waals surface area contributed by atoms with Crippen LogP contribution in [-0.2, 0) is 13.0 Å². The molecule has 0 fully saturated rings. The minimum absolute atomic E-state index is 0.440. The summed E-state index contributed by atoms with van der Waals surface area (Å²) in [4.78, 5) is 14.1. The highest BCUT2D eigenvalue weighted by Crippen LogP contribution is 2.13. The van der Waals surface area contributed by atoms with Gasteiger partial charge < -0.3 is 10.1 Å². The van der Waals surface area contributed by atoms with Gasteiger partial charge >= 0.3 is 0 Å². The number of aryl methyl sites for hydroxylation is 1. The van der Waals surface area contributed by atoms with Gasteiger partial charge in [0.1, 0.15) is 0 Å². The number of nitrogens with zero attached hydrogens (tertiary/aromatic N) is 3. The Morgan fingerprint density at radius 3 is 2.70 bits per heavy atom. The molecule has 2 aromatic heterocycles. The summed E-state index contributed by atoms with van der Waals surface area (Å²) in [5.74, 6) is 0.570. The van der Waals surface area contributed by atoms with Gasteiger partial charge in [-0.1, -0.05) is 13.8 Å². The Hall–Kier alpha value is -1.53. The molecule has 0 aliphatic carbocycles. The second kappa shape index (κ2) is 7.31. The molecule has 2 heterocycles. The molecule has 0 saturated heterocycles. The van der Waals surface area contributed by atoms with Crippen LogP contribution in [0.2, 0.25) is 0 Å². The second-order valence-corrected chi connectivity index (χ2v) is 5.78. The van der Waals surface area contributed by atoms with E-state index >= 15 is 0 Å². The van der Waals surface area contributed by atoms with E-state index in [0.29, 0.717) is 18.5 Å². The summed E-state index contributed by atoms with van der Waals surface area (Å²) in [6, 6.07) is 0.440. The molecule has 108 valence electrons. The van der Waals surface area contributed by atoms with Crippen molar-refractivity contribution >= 4 is 11.3 Å². The third-order valence-corrected chi connectivity index (χ3v) is 3.79. The molecule has 5 nitrogen and oxygen atoms in total. The number of thiazole rings is 1. The van der Waals surface area contributed by atoms with Crippen LogP contribution in [0.3, 0.4) is 0 Å². The summed E-state index contributed by atoms with van der Waals surface area (Å²) in [6.07, 6.45) is 4.29. The standard InChI is InChI=1S/C14H20N4OS/c1-10(2)15-6-12-7-17-14(8-16-12)19-5-4-13-11(3)18-9-20-13/h7-10,15H,4-6H2,1-3H3. The van der Waals surface area contributed by atoms with Gasteiger partial charge in [0, 0.05) is 23.9 Å². The highest BCUT2D eigenvalue weighted by Gasteiger charge is 2.03. The van der Waals surface area contributed by atoms with E-state index in [1.54, 1.807) is 23.7 Å². The van der Waals surface area contributed by atoms with E-state index < -0.39 is 0 Å². The monoisotopic (exact) mass is 292 g/mol. The quantitative estimate of drug-likeness (QED) is 0.849. The van der Waals surface area contributed by atoms with Gasteiger partial charge in [-0.15, -0.1) is 11.3 Å². The molecule has 0 aliphatic rings. The number of hydrogen-bond donors (Lipinski definition) is 1. The van der Waals surface area contributed by atoms with E-state index in [0.717, 1.165) is 24.4 Å². The first kappa shape index (κ1) is 14.9. The highest BCUT2D eigenvalue weighted by atomic mass is 32.1. The Morgan fingerprint density at radius 1 is 1.25 bits per heavy atom. The van der Waals surface area contributed by atoms with Crippen LogP contribution < -0.4 is 10.1 Å². The number of aromatic nitrogens is 3. The SMILES string of the molecule is Cc1ncsc1CCOc1cnc(CNC(C)C)cn1. The first-order chi connectivity index (χ1) is 9.65. The Balaban J connectivity index is 1.77. The summed E-state index contributed by atoms with van der Waals surface area (Å²) >= 11 is 1.66. The number of nitrogens with one attached hydrogen (secondary N) is 1. The van der Waals surface area contributed by atoms with Crippen LogP contribution in [-0.4, -0.2) is 27.6 Å². The van der Waals surface area contributed by atoms with Gasteiger partial charge in [0.2, 0.25) is 5.88 Å². The zero-order chi connectivity index (χ0) is 14.4. The summed E-state index contributed by atoms with van der Waals surface area (Å²) in [5, 5.41) is 3.30. The van der Waals surface area contributed by atoms with Crippen molar-refractivity contribution in [2.75, 3.05) is 6.61 Å². The van der Waals surface area contributed by atoms with Crippen LogP contribution in [0.25, 0.3) is 0 Å². The lowest BCUT2D eigenvalue weighted by molar-refractivity contribution is 0.308. The summed E-state index contributed by atoms with van der Waals surface area (Å²) < 4.78 is 5.60. The lowest BCUT2D eigenvalue weighted by Crippen LogP contribution is -2.22. The fraction of sp³-hybridized carbons (Fsp3) is 0.500. The zero-order valence-corrected chi connectivity index (χ0v) is 12.9. The molecule has 2 aromatic rings. The largest absolute Gasteiger partial charge is 0.476 e. The third kappa shape index (κ3) is 4.54. The zero-order valence-electron chi connectivity index (χ0n) is 12.1. The second-order valence-electron chi connectivity index (χ2n) is 4.84. The molecule has 0 radical (unpaired) electrons. The van der Waals surface area contributed by atoms with Crippen LogP contribution in [0.1, 0.15) is 30.1 Å². The van der Waals surface area contributed by atoms with Crippen LogP contribution in [0.15, 0.2) is 17.9 Å². The van der Waals surface area contributed by atoms with Crippen molar-refractivity contribution in [1.29, 1.82) is 0 Å². The molecule has 0 aliphatic heterocycles. The lowest BCUT2D eigenvalue weighted by atomic mass is 10.3. The fourth-order valence-corrected chi connectivity index (χ4v) is 2.39. The van der Waals surface area contributed by atoms with Crippen molar-refractivity contribution in [3.8, 4) is 5.88 Å². The van der Waals surface area contributed by atoms with Gasteiger partial charge in [0.15, 0.2) is 0 Å². The molecule has 0 amide bonds. The molecule has 1 N–H and O–H groups in total. The molecular weight excluding hydrogens is 272 g/mol. The Bertz CT molecular complexity index is 524. The molecule has 20 heavy (non-hydrogen) atoms. The first-order valence-corrected chi connectivity index (χ1v) is 7.59. The number of hydrogen-bond acceptors (Lipinski definition) is 6. The normalized spacial score (nSPS) is 11.0. The van der Waals surface area contributed by atoms with E-state index in [1.807, 2.05) is 12.4 Å². The van der Waals surface area contributed by atoms with Crippen LogP contribution in [0.5, 0.6) is 5.88 Å². The smallest absolute Gasteiger partial charge is 0.232 e. The molecule has 0 atom stereocenters. The maximum absolute atomic E-state index is 5.60. The maximum Gasteiger partial charge on any atom is 0.232 e. The van der Waals surface area contributed by atoms with Gasteiger partial charge in [-0.05, 0) is 6.92 Å². The van der Waals surface area contributed by atoms with Gasteiger partial charge in [-0.25, -0.2) is 9.97 Å². The Labute approximate surface area is 123 Å². The van der Waals surface area contributed by atoms with E-state index in [2.05, 4.69) is 34.1 Å². The van der Waals surface area contributed by atoms with Crippen LogP contribution in [0.4, 0.5) is 0 Å². The van der Waals surface area contributed by atoms with Crippen LogP contribution in [0, 0.1) is 6.92 Å². The summed E-state index contributed by atoms with van der Waals surface area (Å²) in [7, 11) is 0. The molecule has 0 bridgehead atoms. The van der Waals surface area contributed by atoms with Crippen molar-refractivity contribution < 1.29 is 4.74 Å². The first-order valence-electron chi connectivity index (χ1n) is 6.71. The predicted molar refractivity (Wildman–Crippen MR) is 80.1 cm³/mol. The van der Waals surface area contributed by atoms with Gasteiger partial charge in [-0.2, -0.15) is 0 Å². The molecular formula is C14H20N4OS. The fourth-order valence-electron chi connectivity index (χ4n) is 1.63.